The molecule has 2 atom stereocenters. The van der Waals surface area contributed by atoms with Crippen LogP contribution in [0.4, 0.5) is 4.39 Å². The molecule has 2 N–H and O–H groups in total. The number of halogens is 2. The highest BCUT2D eigenvalue weighted by atomic mass is 35.5. The molecule has 1 aliphatic rings. The third-order valence-electron chi connectivity index (χ3n) is 5.68. The molecular formula is C25H32ClFN2O2. The van der Waals surface area contributed by atoms with E-state index < -0.39 is 0 Å². The Morgan fingerprint density at radius 2 is 1.90 bits per heavy atom. The van der Waals surface area contributed by atoms with Gasteiger partial charge in [0.05, 0.1) is 12.5 Å². The van der Waals surface area contributed by atoms with E-state index in [1.807, 2.05) is 31.2 Å². The third-order valence-corrected chi connectivity index (χ3v) is 5.92. The normalized spacial score (nSPS) is 17.6. The Morgan fingerprint density at radius 1 is 1.23 bits per heavy atom. The zero-order chi connectivity index (χ0) is 22.6. The van der Waals surface area contributed by atoms with Crippen LogP contribution in [0.15, 0.2) is 42.5 Å². The summed E-state index contributed by atoms with van der Waals surface area (Å²) in [5, 5.41) is 0.498. The maximum absolute atomic E-state index is 14.1. The first-order valence-corrected chi connectivity index (χ1v) is 11.2. The van der Waals surface area contributed by atoms with Crippen molar-refractivity contribution in [2.24, 2.45) is 17.1 Å². The van der Waals surface area contributed by atoms with Crippen LogP contribution in [0.25, 0.3) is 11.1 Å². The zero-order valence-corrected chi connectivity index (χ0v) is 19.3. The van der Waals surface area contributed by atoms with Crippen LogP contribution < -0.4 is 5.73 Å². The van der Waals surface area contributed by atoms with Gasteiger partial charge in [0, 0.05) is 36.3 Å². The molecular weight excluding hydrogens is 415 g/mol. The van der Waals surface area contributed by atoms with E-state index in [2.05, 4.69) is 18.7 Å². The van der Waals surface area contributed by atoms with E-state index in [9.17, 15) is 9.18 Å². The summed E-state index contributed by atoms with van der Waals surface area (Å²) in [6.07, 6.45) is 1.21. The molecule has 0 aromatic heterocycles. The molecule has 0 aliphatic carbocycles. The quantitative estimate of drug-likeness (QED) is 0.555. The first-order valence-electron chi connectivity index (χ1n) is 10.9. The minimum absolute atomic E-state index is 0.169. The summed E-state index contributed by atoms with van der Waals surface area (Å²) in [6.45, 7) is 9.31. The van der Waals surface area contributed by atoms with Crippen molar-refractivity contribution in [1.82, 2.24) is 4.90 Å². The van der Waals surface area contributed by atoms with Gasteiger partial charge in [0.25, 0.3) is 0 Å². The lowest BCUT2D eigenvalue weighted by molar-refractivity contribution is -0.150. The lowest BCUT2D eigenvalue weighted by Gasteiger charge is -2.47. The molecule has 0 bridgehead atoms. The summed E-state index contributed by atoms with van der Waals surface area (Å²) < 4.78 is 19.4. The van der Waals surface area contributed by atoms with Crippen molar-refractivity contribution in [3.05, 3.63) is 58.9 Å². The van der Waals surface area contributed by atoms with Crippen molar-refractivity contribution in [3.63, 3.8) is 0 Å². The third kappa shape index (κ3) is 6.52. The van der Waals surface area contributed by atoms with Gasteiger partial charge in [-0.1, -0.05) is 49.7 Å². The second kappa shape index (κ2) is 10.1. The smallest absolute Gasteiger partial charge is 0.310 e. The molecule has 4 nitrogen and oxygen atoms in total. The van der Waals surface area contributed by atoms with Crippen molar-refractivity contribution in [3.8, 4) is 11.1 Å². The van der Waals surface area contributed by atoms with Crippen LogP contribution in [0.3, 0.4) is 0 Å². The molecule has 6 heteroatoms. The SMILES string of the molecule is CCOC(=O)C(CC(N)Cc1ccc(-c2cc(Cl)ccc2F)cc1)CN1CC(C)(C)C1. The molecule has 1 saturated heterocycles. The molecule has 1 fully saturated rings. The predicted molar refractivity (Wildman–Crippen MR) is 123 cm³/mol. The maximum atomic E-state index is 14.1. The molecule has 31 heavy (non-hydrogen) atoms. The fourth-order valence-corrected chi connectivity index (χ4v) is 4.57. The fourth-order valence-electron chi connectivity index (χ4n) is 4.40. The number of nitrogens with two attached hydrogens (primary N) is 1. The van der Waals surface area contributed by atoms with E-state index in [0.717, 1.165) is 24.2 Å². The topological polar surface area (TPSA) is 55.6 Å². The van der Waals surface area contributed by atoms with Gasteiger partial charge in [-0.05, 0) is 54.5 Å². The van der Waals surface area contributed by atoms with Crippen molar-refractivity contribution < 1.29 is 13.9 Å². The van der Waals surface area contributed by atoms with Gasteiger partial charge in [-0.2, -0.15) is 0 Å². The average molecular weight is 447 g/mol. The molecule has 1 aliphatic heterocycles. The number of carbonyl (C=O) groups is 1. The molecule has 0 amide bonds. The Kier molecular flexibility index (Phi) is 7.73. The Bertz CT molecular complexity index is 893. The van der Waals surface area contributed by atoms with Crippen LogP contribution in [-0.2, 0) is 16.0 Å². The standard InChI is InChI=1S/C25H32ClFN2O2/c1-4-31-24(30)19(14-29-15-25(2,3)16-29)12-21(28)11-17-5-7-18(8-6-17)22-13-20(26)9-10-23(22)27/h5-10,13,19,21H,4,11-12,14-16,28H2,1-3H3. The Hall–Kier alpha value is -1.95. The molecule has 3 rings (SSSR count). The van der Waals surface area contributed by atoms with Gasteiger partial charge in [0.15, 0.2) is 0 Å². The monoisotopic (exact) mass is 446 g/mol. The van der Waals surface area contributed by atoms with E-state index in [-0.39, 0.29) is 23.7 Å². The summed E-state index contributed by atoms with van der Waals surface area (Å²) in [5.74, 6) is -0.708. The number of esters is 1. The highest BCUT2D eigenvalue weighted by Crippen LogP contribution is 2.30. The van der Waals surface area contributed by atoms with Crippen molar-refractivity contribution in [1.29, 1.82) is 0 Å². The number of nitrogens with zero attached hydrogens (tertiary/aromatic N) is 1. The summed E-state index contributed by atoms with van der Waals surface area (Å²) in [6, 6.07) is 12.0. The zero-order valence-electron chi connectivity index (χ0n) is 18.5. The minimum atomic E-state index is -0.305. The van der Waals surface area contributed by atoms with E-state index in [1.54, 1.807) is 6.07 Å². The Labute approximate surface area is 189 Å². The maximum Gasteiger partial charge on any atom is 0.310 e. The van der Waals surface area contributed by atoms with E-state index in [4.69, 9.17) is 22.1 Å². The molecule has 168 valence electrons. The number of benzene rings is 2. The lowest BCUT2D eigenvalue weighted by Crippen LogP contribution is -2.55. The first-order chi connectivity index (χ1) is 14.7. The number of rotatable bonds is 9. The highest BCUT2D eigenvalue weighted by molar-refractivity contribution is 6.30. The first kappa shape index (κ1) is 23.7. The highest BCUT2D eigenvalue weighted by Gasteiger charge is 2.37. The second-order valence-corrected chi connectivity index (χ2v) is 9.74. The fraction of sp³-hybridized carbons (Fsp3) is 0.480. The summed E-state index contributed by atoms with van der Waals surface area (Å²) in [7, 11) is 0. The van der Waals surface area contributed by atoms with Crippen molar-refractivity contribution in [2.45, 2.75) is 39.7 Å². The van der Waals surface area contributed by atoms with E-state index in [0.29, 0.717) is 42.0 Å². The summed E-state index contributed by atoms with van der Waals surface area (Å²) in [5.41, 5.74) is 9.02. The van der Waals surface area contributed by atoms with Gasteiger partial charge in [-0.15, -0.1) is 0 Å². The van der Waals surface area contributed by atoms with Crippen LogP contribution in [0, 0.1) is 17.2 Å². The van der Waals surface area contributed by atoms with Crippen molar-refractivity contribution in [2.75, 3.05) is 26.2 Å². The predicted octanol–water partition coefficient (Wildman–Crippen LogP) is 4.93. The van der Waals surface area contributed by atoms with E-state index in [1.165, 1.54) is 12.1 Å². The Morgan fingerprint density at radius 3 is 2.52 bits per heavy atom. The largest absolute Gasteiger partial charge is 0.466 e. The number of likely N-dealkylation sites (tertiary alicyclic amines) is 1. The molecule has 0 saturated carbocycles. The van der Waals surface area contributed by atoms with Gasteiger partial charge in [0.1, 0.15) is 5.82 Å². The molecule has 1 heterocycles. The van der Waals surface area contributed by atoms with E-state index >= 15 is 0 Å². The minimum Gasteiger partial charge on any atom is -0.466 e. The molecule has 0 radical (unpaired) electrons. The van der Waals surface area contributed by atoms with Crippen LogP contribution in [0.2, 0.25) is 5.02 Å². The molecule has 2 aromatic carbocycles. The molecule has 0 spiro atoms. The number of ether oxygens (including phenoxy) is 1. The van der Waals surface area contributed by atoms with Gasteiger partial charge in [-0.3, -0.25) is 4.79 Å². The van der Waals surface area contributed by atoms with Gasteiger partial charge >= 0.3 is 5.97 Å². The number of hydrogen-bond acceptors (Lipinski definition) is 4. The van der Waals surface area contributed by atoms with Crippen LogP contribution in [0.5, 0.6) is 0 Å². The summed E-state index contributed by atoms with van der Waals surface area (Å²) in [4.78, 5) is 14.8. The van der Waals surface area contributed by atoms with Gasteiger partial charge in [0.2, 0.25) is 0 Å². The number of hydrogen-bond donors (Lipinski definition) is 1. The molecule has 2 aromatic rings. The van der Waals surface area contributed by atoms with Gasteiger partial charge in [-0.25, -0.2) is 4.39 Å². The van der Waals surface area contributed by atoms with Crippen LogP contribution in [0.1, 0.15) is 32.8 Å². The van der Waals surface area contributed by atoms with Gasteiger partial charge < -0.3 is 15.4 Å². The molecule has 2 unspecified atom stereocenters. The second-order valence-electron chi connectivity index (χ2n) is 9.30. The van der Waals surface area contributed by atoms with Crippen LogP contribution >= 0.6 is 11.6 Å². The number of carbonyl (C=O) groups excluding carboxylic acids is 1. The average Bonchev–Trinajstić information content (AvgIpc) is 2.68. The lowest BCUT2D eigenvalue weighted by atomic mass is 9.83. The van der Waals surface area contributed by atoms with Crippen molar-refractivity contribution >= 4 is 17.6 Å². The summed E-state index contributed by atoms with van der Waals surface area (Å²) >= 11 is 6.00. The Balaban J connectivity index is 1.61. The van der Waals surface area contributed by atoms with Crippen LogP contribution in [-0.4, -0.2) is 43.2 Å².